The van der Waals surface area contributed by atoms with Gasteiger partial charge in [0.25, 0.3) is 0 Å². The molecule has 1 unspecified atom stereocenters. The predicted molar refractivity (Wildman–Crippen MR) is 101 cm³/mol. The van der Waals surface area contributed by atoms with Crippen LogP contribution in [0.5, 0.6) is 0 Å². The quantitative estimate of drug-likeness (QED) is 0.796. The second-order valence-electron chi connectivity index (χ2n) is 6.24. The number of carbonyl (C=O) groups is 1. The summed E-state index contributed by atoms with van der Waals surface area (Å²) in [6.07, 6.45) is 1.17. The third-order valence-corrected chi connectivity index (χ3v) is 7.19. The number of hydrogen-bond acceptors (Lipinski definition) is 3. The van der Waals surface area contributed by atoms with Gasteiger partial charge in [0.05, 0.1) is 11.0 Å². The molecule has 6 heteroatoms. The first-order valence-electron chi connectivity index (χ1n) is 8.20. The smallest absolute Gasteiger partial charge is 0.227 e. The Kier molecular flexibility index (Phi) is 5.16. The number of fused-ring (bicyclic) bond motifs is 1. The van der Waals surface area contributed by atoms with Gasteiger partial charge in [-0.2, -0.15) is 0 Å². The van der Waals surface area contributed by atoms with Gasteiger partial charge in [-0.15, -0.1) is 0 Å². The molecule has 0 saturated carbocycles. The molecule has 0 aliphatic heterocycles. The Morgan fingerprint density at radius 3 is 2.60 bits per heavy atom. The summed E-state index contributed by atoms with van der Waals surface area (Å²) >= 11 is 6.17. The lowest BCUT2D eigenvalue weighted by atomic mass is 10.1. The number of anilines is 1. The van der Waals surface area contributed by atoms with Gasteiger partial charge < -0.3 is 4.90 Å². The molecule has 3 rings (SSSR count). The van der Waals surface area contributed by atoms with Crippen LogP contribution in [0.3, 0.4) is 0 Å². The summed E-state index contributed by atoms with van der Waals surface area (Å²) in [4.78, 5) is 13.8. The van der Waals surface area contributed by atoms with E-state index in [9.17, 15) is 13.2 Å². The summed E-state index contributed by atoms with van der Waals surface area (Å²) in [5, 5.41) is 0.0612. The number of nitrogens with zero attached hydrogens (tertiary/aromatic N) is 1. The standard InChI is InChI=1S/C19H20ClNO3S/c1-21(14-6-3-2-4-7-14)19(22)12-13-25(23,24)18-11-10-15-16(18)8-5-9-17(15)20/h2-9,18H,10-13H2,1H3. The van der Waals surface area contributed by atoms with Crippen molar-refractivity contribution in [2.75, 3.05) is 17.7 Å². The monoisotopic (exact) mass is 377 g/mol. The van der Waals surface area contributed by atoms with Crippen LogP contribution in [0, 0.1) is 0 Å². The molecule has 0 fully saturated rings. The first-order valence-corrected chi connectivity index (χ1v) is 10.3. The maximum Gasteiger partial charge on any atom is 0.227 e. The normalized spacial score (nSPS) is 16.5. The van der Waals surface area contributed by atoms with Gasteiger partial charge in [-0.3, -0.25) is 4.79 Å². The Morgan fingerprint density at radius 1 is 1.16 bits per heavy atom. The molecule has 1 atom stereocenters. The molecule has 0 N–H and O–H groups in total. The highest BCUT2D eigenvalue weighted by Gasteiger charge is 2.34. The van der Waals surface area contributed by atoms with Gasteiger partial charge in [0, 0.05) is 24.2 Å². The summed E-state index contributed by atoms with van der Waals surface area (Å²) in [5.41, 5.74) is 2.46. The van der Waals surface area contributed by atoms with Crippen LogP contribution in [0.2, 0.25) is 5.02 Å². The van der Waals surface area contributed by atoms with Crippen molar-refractivity contribution in [1.29, 1.82) is 0 Å². The van der Waals surface area contributed by atoms with Crippen LogP contribution in [-0.4, -0.2) is 27.1 Å². The number of hydrogen-bond donors (Lipinski definition) is 0. The molecule has 0 radical (unpaired) electrons. The van der Waals surface area contributed by atoms with Crippen LogP contribution >= 0.6 is 11.6 Å². The summed E-state index contributed by atoms with van der Waals surface area (Å²) in [5.74, 6) is -0.362. The zero-order chi connectivity index (χ0) is 18.0. The number of sulfone groups is 1. The van der Waals surface area contributed by atoms with Crippen LogP contribution in [0.15, 0.2) is 48.5 Å². The van der Waals surface area contributed by atoms with Crippen molar-refractivity contribution in [3.63, 3.8) is 0 Å². The number of para-hydroxylation sites is 1. The molecule has 4 nitrogen and oxygen atoms in total. The molecule has 0 saturated heterocycles. The average Bonchev–Trinajstić information content (AvgIpc) is 3.06. The van der Waals surface area contributed by atoms with Crippen LogP contribution in [0.1, 0.15) is 29.2 Å². The maximum absolute atomic E-state index is 12.8. The molecule has 1 amide bonds. The minimum Gasteiger partial charge on any atom is -0.315 e. The molecule has 0 heterocycles. The van der Waals surface area contributed by atoms with E-state index >= 15 is 0 Å². The summed E-state index contributed by atoms with van der Waals surface area (Å²) in [6.45, 7) is 0. The minimum atomic E-state index is -3.41. The van der Waals surface area contributed by atoms with Gasteiger partial charge in [0.2, 0.25) is 5.91 Å². The Bertz CT molecular complexity index is 881. The van der Waals surface area contributed by atoms with Gasteiger partial charge in [-0.1, -0.05) is 41.9 Å². The Balaban J connectivity index is 1.69. The van der Waals surface area contributed by atoms with Crippen molar-refractivity contribution in [2.24, 2.45) is 0 Å². The second kappa shape index (κ2) is 7.18. The van der Waals surface area contributed by atoms with E-state index in [1.807, 2.05) is 36.4 Å². The second-order valence-corrected chi connectivity index (χ2v) is 8.95. The summed E-state index contributed by atoms with van der Waals surface area (Å²) in [6, 6.07) is 14.6. The largest absolute Gasteiger partial charge is 0.315 e. The van der Waals surface area contributed by atoms with Gasteiger partial charge in [0.15, 0.2) is 9.84 Å². The molecule has 132 valence electrons. The van der Waals surface area contributed by atoms with Gasteiger partial charge >= 0.3 is 0 Å². The highest BCUT2D eigenvalue weighted by Crippen LogP contribution is 2.40. The number of carbonyl (C=O) groups excluding carboxylic acids is 1. The van der Waals surface area contributed by atoms with Crippen molar-refractivity contribution in [3.8, 4) is 0 Å². The zero-order valence-electron chi connectivity index (χ0n) is 14.0. The minimum absolute atomic E-state index is 0.0277. The van der Waals surface area contributed by atoms with Crippen molar-refractivity contribution in [3.05, 3.63) is 64.7 Å². The first-order chi connectivity index (χ1) is 11.9. The van der Waals surface area contributed by atoms with Gasteiger partial charge in [-0.25, -0.2) is 8.42 Å². The Morgan fingerprint density at radius 2 is 1.88 bits per heavy atom. The SMILES string of the molecule is CN(C(=O)CCS(=O)(=O)C1CCc2c(Cl)cccc21)c1ccccc1. The molecule has 1 aliphatic carbocycles. The number of benzene rings is 2. The number of halogens is 1. The van der Waals surface area contributed by atoms with Crippen LogP contribution in [-0.2, 0) is 21.1 Å². The molecule has 0 aromatic heterocycles. The van der Waals surface area contributed by atoms with E-state index in [2.05, 4.69) is 0 Å². The lowest BCUT2D eigenvalue weighted by Gasteiger charge is -2.18. The fourth-order valence-electron chi connectivity index (χ4n) is 3.28. The first kappa shape index (κ1) is 18.0. The topological polar surface area (TPSA) is 54.5 Å². The molecule has 1 aliphatic rings. The van der Waals surface area contributed by atoms with E-state index in [1.54, 1.807) is 19.2 Å². The van der Waals surface area contributed by atoms with Crippen LogP contribution < -0.4 is 4.90 Å². The highest BCUT2D eigenvalue weighted by molar-refractivity contribution is 7.91. The lowest BCUT2D eigenvalue weighted by Crippen LogP contribution is -2.28. The predicted octanol–water partition coefficient (Wildman–Crippen LogP) is 3.80. The van der Waals surface area contributed by atoms with Crippen molar-refractivity contribution in [2.45, 2.75) is 24.5 Å². The fraction of sp³-hybridized carbons (Fsp3) is 0.316. The zero-order valence-corrected chi connectivity index (χ0v) is 15.6. The number of amides is 1. The summed E-state index contributed by atoms with van der Waals surface area (Å²) < 4.78 is 25.5. The van der Waals surface area contributed by atoms with Crippen molar-refractivity contribution < 1.29 is 13.2 Å². The Hall–Kier alpha value is -1.85. The van der Waals surface area contributed by atoms with E-state index in [4.69, 9.17) is 11.6 Å². The number of rotatable bonds is 5. The van der Waals surface area contributed by atoms with E-state index in [0.717, 1.165) is 16.8 Å². The van der Waals surface area contributed by atoms with Gasteiger partial charge in [-0.05, 0) is 42.2 Å². The molecular formula is C19H20ClNO3S. The molecular weight excluding hydrogens is 358 g/mol. The van der Waals surface area contributed by atoms with Crippen molar-refractivity contribution >= 4 is 33.0 Å². The molecule has 2 aromatic carbocycles. The maximum atomic E-state index is 12.8. The van der Waals surface area contributed by atoms with Gasteiger partial charge in [0.1, 0.15) is 0 Å². The van der Waals surface area contributed by atoms with E-state index in [-0.39, 0.29) is 18.1 Å². The molecule has 0 bridgehead atoms. The van der Waals surface area contributed by atoms with Crippen LogP contribution in [0.25, 0.3) is 0 Å². The van der Waals surface area contributed by atoms with E-state index in [0.29, 0.717) is 17.9 Å². The molecule has 0 spiro atoms. The molecule has 2 aromatic rings. The lowest BCUT2D eigenvalue weighted by molar-refractivity contribution is -0.117. The van der Waals surface area contributed by atoms with Crippen LogP contribution in [0.4, 0.5) is 5.69 Å². The van der Waals surface area contributed by atoms with E-state index in [1.165, 1.54) is 4.90 Å². The fourth-order valence-corrected chi connectivity index (χ4v) is 5.38. The van der Waals surface area contributed by atoms with Crippen molar-refractivity contribution in [1.82, 2.24) is 0 Å². The third kappa shape index (κ3) is 3.72. The third-order valence-electron chi connectivity index (χ3n) is 4.71. The molecule has 25 heavy (non-hydrogen) atoms. The Labute approximate surface area is 153 Å². The van der Waals surface area contributed by atoms with E-state index < -0.39 is 15.1 Å². The average molecular weight is 378 g/mol. The highest BCUT2D eigenvalue weighted by atomic mass is 35.5. The summed E-state index contributed by atoms with van der Waals surface area (Å²) in [7, 11) is -1.75.